The molecule has 0 aromatic heterocycles. The van der Waals surface area contributed by atoms with E-state index in [0.717, 1.165) is 11.8 Å². The lowest BCUT2D eigenvalue weighted by atomic mass is 10.1. The maximum Gasteiger partial charge on any atom is 0.430 e. The quantitative estimate of drug-likeness (QED) is 0.325. The molecule has 1 aromatic rings. The van der Waals surface area contributed by atoms with E-state index in [2.05, 4.69) is 28.4 Å². The fraction of sp³-hybridized carbons (Fsp3) is 0.467. The number of hydrogen-bond donors (Lipinski definition) is 2. The molecular formula is C15H23F2N3O4S2. The van der Waals surface area contributed by atoms with Crippen molar-refractivity contribution in [3.05, 3.63) is 29.8 Å². The number of alkyl halides is 2. The summed E-state index contributed by atoms with van der Waals surface area (Å²) in [4.78, 5) is 14.3. The van der Waals surface area contributed by atoms with Gasteiger partial charge in [-0.15, -0.1) is 0 Å². The molecule has 0 aliphatic rings. The Labute approximate surface area is 157 Å². The van der Waals surface area contributed by atoms with Crippen LogP contribution < -0.4 is 5.73 Å². The number of thiol groups is 1. The Balaban J connectivity index is 0.000000481. The zero-order chi connectivity index (χ0) is 20.5. The normalized spacial score (nSPS) is 14.0. The fourth-order valence-electron chi connectivity index (χ4n) is 1.42. The lowest BCUT2D eigenvalue weighted by Crippen LogP contribution is -2.22. The highest BCUT2D eigenvalue weighted by Gasteiger charge is 2.21. The molecular weight excluding hydrogens is 388 g/mol. The molecule has 0 heterocycles. The summed E-state index contributed by atoms with van der Waals surface area (Å²) in [5.41, 5.74) is 5.63. The molecule has 0 spiro atoms. The van der Waals surface area contributed by atoms with E-state index in [4.69, 9.17) is 0 Å². The Hall–Kier alpha value is -1.72. The minimum Gasteiger partial charge on any atom is -0.333 e. The van der Waals surface area contributed by atoms with Gasteiger partial charge in [0, 0.05) is 26.2 Å². The summed E-state index contributed by atoms with van der Waals surface area (Å²) in [5.74, 6) is -0.609. The second-order valence-corrected chi connectivity index (χ2v) is 8.20. The number of hydrogen-bond acceptors (Lipinski definition) is 6. The van der Waals surface area contributed by atoms with Crippen LogP contribution in [-0.4, -0.2) is 50.8 Å². The number of amides is 1. The van der Waals surface area contributed by atoms with Crippen molar-refractivity contribution in [3.8, 4) is 0 Å². The number of sulfonamides is 1. The minimum absolute atomic E-state index is 0.336. The zero-order valence-corrected chi connectivity index (χ0v) is 16.5. The summed E-state index contributed by atoms with van der Waals surface area (Å²) in [6.07, 6.45) is -2.59. The molecule has 148 valence electrons. The van der Waals surface area contributed by atoms with E-state index in [0.29, 0.717) is 4.90 Å². The van der Waals surface area contributed by atoms with E-state index >= 15 is 0 Å². The van der Waals surface area contributed by atoms with Gasteiger partial charge in [-0.05, 0) is 19.1 Å². The zero-order valence-electron chi connectivity index (χ0n) is 14.8. The lowest BCUT2D eigenvalue weighted by Gasteiger charge is -2.12. The molecule has 2 unspecified atom stereocenters. The van der Waals surface area contributed by atoms with Crippen LogP contribution in [0.25, 0.3) is 0 Å². The minimum atomic E-state index is -3.26. The van der Waals surface area contributed by atoms with Gasteiger partial charge in [-0.1, -0.05) is 29.8 Å². The number of halogens is 2. The first kappa shape index (κ1) is 24.3. The molecule has 1 aromatic carbocycles. The Bertz CT molecular complexity index is 695. The van der Waals surface area contributed by atoms with Crippen molar-refractivity contribution < 1.29 is 26.8 Å². The van der Waals surface area contributed by atoms with Gasteiger partial charge in [-0.2, -0.15) is 12.6 Å². The number of oxime groups is 1. The Morgan fingerprint density at radius 1 is 1.31 bits per heavy atom. The topological polar surface area (TPSA) is 102 Å². The van der Waals surface area contributed by atoms with Crippen LogP contribution in [0.2, 0.25) is 0 Å². The fourth-order valence-corrected chi connectivity index (χ4v) is 2.40. The van der Waals surface area contributed by atoms with Crippen LogP contribution in [0.3, 0.4) is 0 Å². The van der Waals surface area contributed by atoms with Gasteiger partial charge in [-0.25, -0.2) is 26.3 Å². The van der Waals surface area contributed by atoms with Crippen LogP contribution in [-0.2, 0) is 14.9 Å². The van der Waals surface area contributed by atoms with Crippen molar-refractivity contribution in [2.45, 2.75) is 30.4 Å². The Morgan fingerprint density at radius 2 is 1.81 bits per heavy atom. The molecule has 1 rings (SSSR count). The third kappa shape index (κ3) is 8.59. The lowest BCUT2D eigenvalue weighted by molar-refractivity contribution is 0.136. The molecule has 0 saturated heterocycles. The monoisotopic (exact) mass is 411 g/mol. The average Bonchev–Trinajstić information content (AvgIpc) is 2.54. The third-order valence-electron chi connectivity index (χ3n) is 3.04. The number of aryl methyl sites for hydroxylation is 1. The molecule has 2 N–H and O–H groups in total. The van der Waals surface area contributed by atoms with E-state index in [1.807, 2.05) is 6.92 Å². The van der Waals surface area contributed by atoms with Gasteiger partial charge in [0.2, 0.25) is 10.0 Å². The number of carbonyl (C=O) groups is 1. The SMILES string of the molecule is CC(C=NOC(N)=O)C(S)C(F)F.Cc1ccc(S(=O)(=O)N(C)C)cc1. The molecule has 0 bridgehead atoms. The van der Waals surface area contributed by atoms with Crippen LogP contribution in [0.15, 0.2) is 34.3 Å². The van der Waals surface area contributed by atoms with Crippen molar-refractivity contribution in [2.24, 2.45) is 16.8 Å². The number of nitrogens with two attached hydrogens (primary N) is 1. The van der Waals surface area contributed by atoms with Crippen molar-refractivity contribution in [1.29, 1.82) is 0 Å². The number of carbonyl (C=O) groups excluding carboxylic acids is 1. The summed E-state index contributed by atoms with van der Waals surface area (Å²) in [6.45, 7) is 3.39. The van der Waals surface area contributed by atoms with E-state index < -0.39 is 33.7 Å². The van der Waals surface area contributed by atoms with Crippen LogP contribution in [0.5, 0.6) is 0 Å². The summed E-state index contributed by atoms with van der Waals surface area (Å²) in [5, 5.41) is 1.95. The summed E-state index contributed by atoms with van der Waals surface area (Å²) < 4.78 is 48.3. The molecule has 0 saturated carbocycles. The van der Waals surface area contributed by atoms with Crippen molar-refractivity contribution >= 4 is 35.0 Å². The smallest absolute Gasteiger partial charge is 0.333 e. The highest BCUT2D eigenvalue weighted by atomic mass is 32.2. The van der Waals surface area contributed by atoms with Crippen LogP contribution in [0, 0.1) is 12.8 Å². The summed E-state index contributed by atoms with van der Waals surface area (Å²) in [6, 6.07) is 6.81. The number of rotatable bonds is 6. The van der Waals surface area contributed by atoms with Gasteiger partial charge < -0.3 is 5.73 Å². The maximum absolute atomic E-state index is 12.0. The van der Waals surface area contributed by atoms with Gasteiger partial charge in [0.1, 0.15) is 0 Å². The first-order valence-electron chi connectivity index (χ1n) is 7.35. The van der Waals surface area contributed by atoms with Gasteiger partial charge in [0.15, 0.2) is 0 Å². The molecule has 0 aliphatic heterocycles. The standard InChI is InChI=1S/C9H13NO2S.C6H10F2N2O2S/c1-8-4-6-9(7-5-8)13(11,12)10(2)3;1-3(4(13)5(7)8)2-10-12-6(9)11/h4-7H,1-3H3;2-5,13H,1H3,(H2,9,11). The average molecular weight is 411 g/mol. The molecule has 26 heavy (non-hydrogen) atoms. The molecule has 0 aliphatic carbocycles. The number of primary amides is 1. The Morgan fingerprint density at radius 3 is 2.19 bits per heavy atom. The molecule has 0 fully saturated rings. The highest BCUT2D eigenvalue weighted by Crippen LogP contribution is 2.16. The van der Waals surface area contributed by atoms with Crippen LogP contribution in [0.1, 0.15) is 12.5 Å². The summed E-state index contributed by atoms with van der Waals surface area (Å²) in [7, 11) is -0.214. The van der Waals surface area contributed by atoms with Gasteiger partial charge in [-0.3, -0.25) is 4.84 Å². The van der Waals surface area contributed by atoms with Crippen molar-refractivity contribution in [2.75, 3.05) is 14.1 Å². The second kappa shape index (κ2) is 11.1. The third-order valence-corrected chi connectivity index (χ3v) is 5.56. The van der Waals surface area contributed by atoms with E-state index in [-0.39, 0.29) is 0 Å². The maximum atomic E-state index is 12.0. The van der Waals surface area contributed by atoms with Crippen molar-refractivity contribution in [3.63, 3.8) is 0 Å². The van der Waals surface area contributed by atoms with E-state index in [9.17, 15) is 22.0 Å². The molecule has 11 heteroatoms. The first-order valence-corrected chi connectivity index (χ1v) is 9.30. The highest BCUT2D eigenvalue weighted by molar-refractivity contribution is 7.89. The predicted molar refractivity (Wildman–Crippen MR) is 99.2 cm³/mol. The molecule has 7 nitrogen and oxygen atoms in total. The van der Waals surface area contributed by atoms with Gasteiger partial charge in [0.05, 0.1) is 10.1 Å². The second-order valence-electron chi connectivity index (χ2n) is 5.45. The van der Waals surface area contributed by atoms with E-state index in [1.165, 1.54) is 25.3 Å². The largest absolute Gasteiger partial charge is 0.430 e. The predicted octanol–water partition coefficient (Wildman–Crippen LogP) is 2.51. The Kier molecular flexibility index (Phi) is 10.4. The number of benzene rings is 1. The summed E-state index contributed by atoms with van der Waals surface area (Å²) >= 11 is 3.63. The molecule has 2 atom stereocenters. The van der Waals surface area contributed by atoms with Crippen molar-refractivity contribution in [1.82, 2.24) is 4.31 Å². The van der Waals surface area contributed by atoms with Crippen LogP contribution >= 0.6 is 12.6 Å². The number of nitrogens with zero attached hydrogens (tertiary/aromatic N) is 2. The van der Waals surface area contributed by atoms with E-state index in [1.54, 1.807) is 24.3 Å². The van der Waals surface area contributed by atoms with Gasteiger partial charge in [0.25, 0.3) is 6.43 Å². The molecule has 1 amide bonds. The van der Waals surface area contributed by atoms with Crippen LogP contribution in [0.4, 0.5) is 13.6 Å². The van der Waals surface area contributed by atoms with Gasteiger partial charge >= 0.3 is 6.09 Å². The molecule has 0 radical (unpaired) electrons. The first-order chi connectivity index (χ1) is 11.9.